The van der Waals surface area contributed by atoms with Crippen LogP contribution in [0.1, 0.15) is 40.5 Å². The molecule has 0 aliphatic heterocycles. The second kappa shape index (κ2) is 7.59. The topological polar surface area (TPSA) is 46.9 Å². The van der Waals surface area contributed by atoms with E-state index >= 15 is 0 Å². The summed E-state index contributed by atoms with van der Waals surface area (Å²) in [5.41, 5.74) is -0.784. The number of rotatable bonds is 4. The van der Waals surface area contributed by atoms with E-state index in [4.69, 9.17) is 23.2 Å². The van der Waals surface area contributed by atoms with Crippen molar-refractivity contribution >= 4 is 34.8 Å². The SMILES string of the molecule is O=C(Nc1ccc(-n2nc(C(F)(F)F)cc2C2CC2)c(F)c1)c1c(Cl)cccc1Cl. The van der Waals surface area contributed by atoms with Crippen molar-refractivity contribution in [2.75, 3.05) is 5.32 Å². The van der Waals surface area contributed by atoms with E-state index in [9.17, 15) is 22.4 Å². The van der Waals surface area contributed by atoms with Crippen LogP contribution < -0.4 is 5.32 Å². The number of hydrogen-bond acceptors (Lipinski definition) is 2. The van der Waals surface area contributed by atoms with Crippen LogP contribution >= 0.6 is 23.2 Å². The Kier molecular flexibility index (Phi) is 5.23. The minimum Gasteiger partial charge on any atom is -0.322 e. The second-order valence-corrected chi connectivity index (χ2v) is 7.67. The predicted molar refractivity (Wildman–Crippen MR) is 105 cm³/mol. The van der Waals surface area contributed by atoms with E-state index in [0.29, 0.717) is 5.69 Å². The number of benzene rings is 2. The maximum absolute atomic E-state index is 14.8. The summed E-state index contributed by atoms with van der Waals surface area (Å²) in [6.45, 7) is 0. The zero-order valence-electron chi connectivity index (χ0n) is 15.1. The molecule has 30 heavy (non-hydrogen) atoms. The second-order valence-electron chi connectivity index (χ2n) is 6.86. The summed E-state index contributed by atoms with van der Waals surface area (Å²) in [6.07, 6.45) is -3.19. The molecular weight excluding hydrogens is 445 g/mol. The third kappa shape index (κ3) is 4.02. The smallest absolute Gasteiger partial charge is 0.322 e. The number of halogens is 6. The number of carbonyl (C=O) groups excluding carboxylic acids is 1. The lowest BCUT2D eigenvalue weighted by Crippen LogP contribution is -2.14. The summed E-state index contributed by atoms with van der Waals surface area (Å²) in [6, 6.07) is 9.14. The Hall–Kier alpha value is -2.58. The van der Waals surface area contributed by atoms with Gasteiger partial charge in [0.2, 0.25) is 0 Å². The van der Waals surface area contributed by atoms with Gasteiger partial charge in [-0.3, -0.25) is 4.79 Å². The lowest BCUT2D eigenvalue weighted by molar-refractivity contribution is -0.141. The van der Waals surface area contributed by atoms with Gasteiger partial charge in [-0.25, -0.2) is 9.07 Å². The van der Waals surface area contributed by atoms with Crippen LogP contribution in [-0.2, 0) is 6.18 Å². The van der Waals surface area contributed by atoms with E-state index in [-0.39, 0.29) is 32.9 Å². The molecule has 0 unspecified atom stereocenters. The van der Waals surface area contributed by atoms with E-state index < -0.39 is 23.6 Å². The molecule has 1 aliphatic rings. The Morgan fingerprint density at radius 2 is 1.77 bits per heavy atom. The molecule has 1 saturated carbocycles. The van der Waals surface area contributed by atoms with Crippen LogP contribution in [0.4, 0.5) is 23.2 Å². The van der Waals surface area contributed by atoms with Gasteiger partial charge in [0.15, 0.2) is 11.5 Å². The third-order valence-electron chi connectivity index (χ3n) is 4.65. The highest BCUT2D eigenvalue weighted by molar-refractivity contribution is 6.40. The Morgan fingerprint density at radius 3 is 2.33 bits per heavy atom. The molecule has 1 amide bonds. The zero-order chi connectivity index (χ0) is 21.6. The van der Waals surface area contributed by atoms with Gasteiger partial charge in [-0.05, 0) is 49.2 Å². The first kappa shape index (κ1) is 20.7. The van der Waals surface area contributed by atoms with Crippen molar-refractivity contribution in [1.82, 2.24) is 9.78 Å². The van der Waals surface area contributed by atoms with Gasteiger partial charge in [-0.15, -0.1) is 0 Å². The van der Waals surface area contributed by atoms with Crippen LogP contribution in [0.3, 0.4) is 0 Å². The van der Waals surface area contributed by atoms with Gasteiger partial charge in [0.25, 0.3) is 5.91 Å². The third-order valence-corrected chi connectivity index (χ3v) is 5.28. The molecule has 4 nitrogen and oxygen atoms in total. The number of nitrogens with zero attached hydrogens (tertiary/aromatic N) is 2. The molecule has 3 aromatic rings. The van der Waals surface area contributed by atoms with Crippen molar-refractivity contribution in [3.05, 3.63) is 75.3 Å². The highest BCUT2D eigenvalue weighted by Gasteiger charge is 2.38. The largest absolute Gasteiger partial charge is 0.435 e. The van der Waals surface area contributed by atoms with Crippen LogP contribution in [-0.4, -0.2) is 15.7 Å². The molecule has 10 heteroatoms. The molecular formula is C20H13Cl2F4N3O. The molecule has 1 aliphatic carbocycles. The monoisotopic (exact) mass is 457 g/mol. The molecule has 156 valence electrons. The van der Waals surface area contributed by atoms with Crippen LogP contribution in [0.15, 0.2) is 42.5 Å². The van der Waals surface area contributed by atoms with Gasteiger partial charge >= 0.3 is 6.18 Å². The molecule has 1 aromatic heterocycles. The maximum atomic E-state index is 14.8. The number of carbonyl (C=O) groups is 1. The minimum absolute atomic E-state index is 0.0308. The fourth-order valence-corrected chi connectivity index (χ4v) is 3.63. The van der Waals surface area contributed by atoms with Crippen molar-refractivity contribution in [2.24, 2.45) is 0 Å². The average molecular weight is 458 g/mol. The minimum atomic E-state index is -4.63. The molecule has 0 radical (unpaired) electrons. The van der Waals surface area contributed by atoms with Crippen molar-refractivity contribution in [3.8, 4) is 5.69 Å². The molecule has 0 spiro atoms. The molecule has 2 aromatic carbocycles. The summed E-state index contributed by atoms with van der Waals surface area (Å²) in [5, 5.41) is 6.30. The van der Waals surface area contributed by atoms with E-state index in [0.717, 1.165) is 29.7 Å². The van der Waals surface area contributed by atoms with Crippen molar-refractivity contribution in [2.45, 2.75) is 24.9 Å². The van der Waals surface area contributed by atoms with Gasteiger partial charge < -0.3 is 5.32 Å². The van der Waals surface area contributed by atoms with Gasteiger partial charge in [-0.2, -0.15) is 18.3 Å². The predicted octanol–water partition coefficient (Wildman–Crippen LogP) is 6.47. The van der Waals surface area contributed by atoms with Gasteiger partial charge in [0.05, 0.1) is 15.6 Å². The number of aromatic nitrogens is 2. The first-order valence-electron chi connectivity index (χ1n) is 8.87. The Bertz CT molecular complexity index is 1120. The number of amides is 1. The van der Waals surface area contributed by atoms with Crippen LogP contribution in [0.25, 0.3) is 5.69 Å². The molecule has 0 saturated heterocycles. The normalized spacial score (nSPS) is 14.1. The fourth-order valence-electron chi connectivity index (χ4n) is 3.06. The number of nitrogens with one attached hydrogen (secondary N) is 1. The summed E-state index contributed by atoms with van der Waals surface area (Å²) in [7, 11) is 0. The first-order valence-corrected chi connectivity index (χ1v) is 9.63. The van der Waals surface area contributed by atoms with Crippen molar-refractivity contribution in [1.29, 1.82) is 0 Å². The maximum Gasteiger partial charge on any atom is 0.435 e. The molecule has 1 heterocycles. The lowest BCUT2D eigenvalue weighted by Gasteiger charge is -2.11. The molecule has 1 fully saturated rings. The Balaban J connectivity index is 1.65. The molecule has 0 atom stereocenters. The molecule has 1 N–H and O–H groups in total. The molecule has 4 rings (SSSR count). The number of alkyl halides is 3. The summed E-state index contributed by atoms with van der Waals surface area (Å²) < 4.78 is 55.0. The highest BCUT2D eigenvalue weighted by atomic mass is 35.5. The van der Waals surface area contributed by atoms with Crippen LogP contribution in [0.2, 0.25) is 10.0 Å². The van der Waals surface area contributed by atoms with Gasteiger partial charge in [0, 0.05) is 17.3 Å². The quantitative estimate of drug-likeness (QED) is 0.456. The van der Waals surface area contributed by atoms with Gasteiger partial charge in [0.1, 0.15) is 5.69 Å². The van der Waals surface area contributed by atoms with E-state index in [2.05, 4.69) is 10.4 Å². The van der Waals surface area contributed by atoms with Crippen molar-refractivity contribution in [3.63, 3.8) is 0 Å². The average Bonchev–Trinajstić information content (AvgIpc) is 3.39. The number of anilines is 1. The Morgan fingerprint density at radius 1 is 1.10 bits per heavy atom. The van der Waals surface area contributed by atoms with E-state index in [1.807, 2.05) is 0 Å². The summed E-state index contributed by atoms with van der Waals surface area (Å²) in [4.78, 5) is 12.4. The van der Waals surface area contributed by atoms with E-state index in [1.165, 1.54) is 24.3 Å². The zero-order valence-corrected chi connectivity index (χ0v) is 16.6. The summed E-state index contributed by atoms with van der Waals surface area (Å²) >= 11 is 12.0. The standard InChI is InChI=1S/C20H13Cl2F4N3O/c21-12-2-1-3-13(22)18(12)19(30)27-11-6-7-15(14(23)8-11)29-16(10-4-5-10)9-17(28-29)20(24,25)26/h1-3,6-10H,4-5H2,(H,27,30). The number of hydrogen-bond donors (Lipinski definition) is 1. The lowest BCUT2D eigenvalue weighted by atomic mass is 10.2. The highest BCUT2D eigenvalue weighted by Crippen LogP contribution is 2.43. The summed E-state index contributed by atoms with van der Waals surface area (Å²) in [5.74, 6) is -1.57. The van der Waals surface area contributed by atoms with E-state index in [1.54, 1.807) is 6.07 Å². The molecule has 0 bridgehead atoms. The fraction of sp³-hybridized carbons (Fsp3) is 0.200. The van der Waals surface area contributed by atoms with Gasteiger partial charge in [-0.1, -0.05) is 29.3 Å². The first-order chi connectivity index (χ1) is 14.1. The Labute approximate surface area is 178 Å². The van der Waals surface area contributed by atoms with Crippen LogP contribution in [0.5, 0.6) is 0 Å². The van der Waals surface area contributed by atoms with Crippen LogP contribution in [0, 0.1) is 5.82 Å². The van der Waals surface area contributed by atoms with Crippen molar-refractivity contribution < 1.29 is 22.4 Å².